The van der Waals surface area contributed by atoms with Gasteiger partial charge in [-0.15, -0.1) is 0 Å². The molecule has 1 heterocycles. The van der Waals surface area contributed by atoms with Gasteiger partial charge in [0.25, 0.3) is 0 Å². The number of anilines is 2. The van der Waals surface area contributed by atoms with Crippen LogP contribution in [-0.4, -0.2) is 46.9 Å². The average molecular weight is 674 g/mol. The number of aliphatic hydroxyl groups is 2. The summed E-state index contributed by atoms with van der Waals surface area (Å²) in [6.45, 7) is 2.53. The lowest BCUT2D eigenvalue weighted by atomic mass is 9.98. The van der Waals surface area contributed by atoms with E-state index in [-0.39, 0.29) is 24.9 Å². The van der Waals surface area contributed by atoms with Crippen molar-refractivity contribution in [1.29, 1.82) is 0 Å². The van der Waals surface area contributed by atoms with Crippen LogP contribution in [-0.2, 0) is 16.1 Å². The van der Waals surface area contributed by atoms with E-state index in [1.54, 1.807) is 24.3 Å². The lowest BCUT2D eigenvalue weighted by molar-refractivity contribution is -0.253. The molecule has 0 spiro atoms. The van der Waals surface area contributed by atoms with Crippen LogP contribution in [0.1, 0.15) is 54.1 Å². The normalized spacial score (nSPS) is 18.6. The number of nitrogens with one attached hydrogen (secondary N) is 2. The van der Waals surface area contributed by atoms with Crippen molar-refractivity contribution in [2.45, 2.75) is 50.6 Å². The van der Waals surface area contributed by atoms with E-state index in [0.717, 1.165) is 28.0 Å². The molecule has 9 nitrogen and oxygen atoms in total. The Morgan fingerprint density at radius 3 is 2.16 bits per heavy atom. The van der Waals surface area contributed by atoms with Gasteiger partial charge in [0, 0.05) is 35.9 Å². The number of likely N-dealkylation sites (N-methyl/N-ethyl adjacent to an activating group) is 1. The Bertz CT molecular complexity index is 1800. The molecule has 5 atom stereocenters. The first-order valence-electron chi connectivity index (χ1n) is 16.8. The van der Waals surface area contributed by atoms with E-state index in [1.807, 2.05) is 123 Å². The van der Waals surface area contributed by atoms with Gasteiger partial charge >= 0.3 is 6.03 Å². The first-order valence-corrected chi connectivity index (χ1v) is 16.8. The highest BCUT2D eigenvalue weighted by Gasteiger charge is 2.34. The molecule has 2 amide bonds. The molecule has 0 aliphatic carbocycles. The Hall–Kier alpha value is -5.03. The summed E-state index contributed by atoms with van der Waals surface area (Å²) in [6.07, 6.45) is -1.26. The first-order chi connectivity index (χ1) is 24.3. The fraction of sp³-hybridized carbons (Fsp3) is 0.244. The van der Waals surface area contributed by atoms with Gasteiger partial charge in [-0.2, -0.15) is 0 Å². The molecule has 1 aliphatic rings. The van der Waals surface area contributed by atoms with Crippen molar-refractivity contribution in [1.82, 2.24) is 4.90 Å². The summed E-state index contributed by atoms with van der Waals surface area (Å²) < 4.78 is 18.9. The number of rotatable bonds is 12. The van der Waals surface area contributed by atoms with Crippen molar-refractivity contribution in [2.24, 2.45) is 0 Å². The molecule has 0 aromatic heterocycles. The Balaban J connectivity index is 1.13. The minimum Gasteiger partial charge on any atom is -0.457 e. The summed E-state index contributed by atoms with van der Waals surface area (Å²) in [7, 11) is 1.99. The van der Waals surface area contributed by atoms with Crippen molar-refractivity contribution in [3.63, 3.8) is 0 Å². The van der Waals surface area contributed by atoms with Crippen LogP contribution in [0.5, 0.6) is 11.5 Å². The third kappa shape index (κ3) is 9.15. The highest BCUT2D eigenvalue weighted by atomic mass is 16.7. The van der Waals surface area contributed by atoms with Crippen molar-refractivity contribution in [3.8, 4) is 11.5 Å². The van der Waals surface area contributed by atoms with Gasteiger partial charge in [0.2, 0.25) is 0 Å². The molecule has 1 aliphatic heterocycles. The molecule has 258 valence electrons. The quantitative estimate of drug-likeness (QED) is 0.106. The maximum absolute atomic E-state index is 13.0. The summed E-state index contributed by atoms with van der Waals surface area (Å²) in [5.74, 6) is 1.40. The van der Waals surface area contributed by atoms with Crippen LogP contribution in [0, 0.1) is 0 Å². The first kappa shape index (κ1) is 34.8. The number of hydrogen-bond donors (Lipinski definition) is 4. The van der Waals surface area contributed by atoms with Crippen LogP contribution in [0.4, 0.5) is 16.2 Å². The molecule has 5 aromatic rings. The highest BCUT2D eigenvalue weighted by molar-refractivity contribution is 5.99. The maximum atomic E-state index is 13.0. The molecule has 0 unspecified atom stereocenters. The third-order valence-corrected chi connectivity index (χ3v) is 8.91. The van der Waals surface area contributed by atoms with E-state index in [4.69, 9.17) is 14.2 Å². The second-order valence-corrected chi connectivity index (χ2v) is 12.5. The van der Waals surface area contributed by atoms with Crippen molar-refractivity contribution < 1.29 is 29.2 Å². The van der Waals surface area contributed by atoms with Crippen molar-refractivity contribution in [2.75, 3.05) is 24.2 Å². The second kappa shape index (κ2) is 16.6. The number of amides is 2. The second-order valence-electron chi connectivity index (χ2n) is 12.5. The van der Waals surface area contributed by atoms with Gasteiger partial charge in [-0.3, -0.25) is 4.90 Å². The van der Waals surface area contributed by atoms with E-state index < -0.39 is 18.4 Å². The average Bonchev–Trinajstić information content (AvgIpc) is 3.15. The molecule has 0 radical (unpaired) electrons. The number of carbonyl (C=O) groups is 1. The fourth-order valence-electron chi connectivity index (χ4n) is 5.98. The summed E-state index contributed by atoms with van der Waals surface area (Å²) in [4.78, 5) is 15.1. The molecule has 6 rings (SSSR count). The molecule has 1 saturated heterocycles. The van der Waals surface area contributed by atoms with Gasteiger partial charge < -0.3 is 35.1 Å². The zero-order valence-electron chi connectivity index (χ0n) is 28.2. The van der Waals surface area contributed by atoms with Crippen LogP contribution in [0.2, 0.25) is 0 Å². The van der Waals surface area contributed by atoms with Crippen molar-refractivity contribution in [3.05, 3.63) is 156 Å². The van der Waals surface area contributed by atoms with Gasteiger partial charge in [-0.25, -0.2) is 4.79 Å². The number of urea groups is 1. The molecule has 5 aromatic carbocycles. The minimum atomic E-state index is -0.707. The number of carbonyl (C=O) groups excluding carboxylic acids is 1. The van der Waals surface area contributed by atoms with Crippen LogP contribution in [0.25, 0.3) is 0 Å². The minimum absolute atomic E-state index is 0.0338. The van der Waals surface area contributed by atoms with Gasteiger partial charge in [-0.05, 0) is 79.2 Å². The van der Waals surface area contributed by atoms with Gasteiger partial charge in [0.1, 0.15) is 11.5 Å². The van der Waals surface area contributed by atoms with E-state index in [1.165, 1.54) is 0 Å². The van der Waals surface area contributed by atoms with E-state index in [0.29, 0.717) is 30.1 Å². The number of nitrogens with zero attached hydrogens (tertiary/aromatic N) is 1. The number of ether oxygens (including phenoxy) is 3. The standard InChI is InChI=1S/C41H43N3O6/c1-28(39(46)31-10-5-3-6-11-31)44(2)26-37-25-38(30-18-16-29(27-45)17-19-30)50-40(49-37)32-12-9-13-34(24-32)43-41(47)42-33-20-22-36(23-21-33)48-35-14-7-4-8-15-35/h3-24,28,37-40,45-46H,25-27H2,1-2H3,(H2,42,43,47)/t28-,37+,38-,39-,40-/m0/s1. The topological polar surface area (TPSA) is 113 Å². The molecular weight excluding hydrogens is 630 g/mol. The van der Waals surface area contributed by atoms with E-state index in [9.17, 15) is 15.0 Å². The third-order valence-electron chi connectivity index (χ3n) is 8.91. The monoisotopic (exact) mass is 673 g/mol. The van der Waals surface area contributed by atoms with Crippen LogP contribution in [0.3, 0.4) is 0 Å². The lowest BCUT2D eigenvalue weighted by Crippen LogP contribution is -2.43. The molecule has 0 bridgehead atoms. The summed E-state index contributed by atoms with van der Waals surface area (Å²) >= 11 is 0. The number of hydrogen-bond acceptors (Lipinski definition) is 7. The molecule has 9 heteroatoms. The van der Waals surface area contributed by atoms with Crippen LogP contribution in [0.15, 0.2) is 133 Å². The maximum Gasteiger partial charge on any atom is 0.323 e. The predicted molar refractivity (Wildman–Crippen MR) is 194 cm³/mol. The van der Waals surface area contributed by atoms with Crippen LogP contribution < -0.4 is 15.4 Å². The van der Waals surface area contributed by atoms with Gasteiger partial charge in [0.05, 0.1) is 24.9 Å². The molecule has 1 fully saturated rings. The highest BCUT2D eigenvalue weighted by Crippen LogP contribution is 2.39. The van der Waals surface area contributed by atoms with Gasteiger partial charge in [-0.1, -0.05) is 84.9 Å². The van der Waals surface area contributed by atoms with E-state index >= 15 is 0 Å². The van der Waals surface area contributed by atoms with Crippen LogP contribution >= 0.6 is 0 Å². The Kier molecular flexibility index (Phi) is 11.5. The van der Waals surface area contributed by atoms with Crippen molar-refractivity contribution >= 4 is 17.4 Å². The predicted octanol–water partition coefficient (Wildman–Crippen LogP) is 8.21. The molecule has 0 saturated carbocycles. The lowest BCUT2D eigenvalue weighted by Gasteiger charge is -2.39. The van der Waals surface area contributed by atoms with E-state index in [2.05, 4.69) is 15.5 Å². The fourth-order valence-corrected chi connectivity index (χ4v) is 5.98. The summed E-state index contributed by atoms with van der Waals surface area (Å²) in [5.41, 5.74) is 4.62. The zero-order valence-corrected chi connectivity index (χ0v) is 28.2. The van der Waals surface area contributed by atoms with Gasteiger partial charge in [0.15, 0.2) is 6.29 Å². The number of para-hydroxylation sites is 1. The Labute approximate surface area is 293 Å². The Morgan fingerprint density at radius 1 is 0.800 bits per heavy atom. The Morgan fingerprint density at radius 2 is 1.46 bits per heavy atom. The number of aliphatic hydroxyl groups excluding tert-OH is 2. The number of benzene rings is 5. The smallest absolute Gasteiger partial charge is 0.323 e. The summed E-state index contributed by atoms with van der Waals surface area (Å²) in [5, 5.41) is 26.4. The molecule has 50 heavy (non-hydrogen) atoms. The largest absolute Gasteiger partial charge is 0.457 e. The SMILES string of the molecule is C[C@@H]([C@H](O)c1ccccc1)N(C)C[C@H]1C[C@@H](c2ccc(CO)cc2)O[C@@H](c2cccc(NC(=O)Nc3ccc(Oc4ccccc4)cc3)c2)O1. The zero-order chi connectivity index (χ0) is 34.9. The molecular formula is C41H43N3O6. The summed E-state index contributed by atoms with van der Waals surface area (Å²) in [6, 6.07) is 40.9. The molecule has 4 N–H and O–H groups in total.